The van der Waals surface area contributed by atoms with Crippen LogP contribution in [0.3, 0.4) is 0 Å². The maximum Gasteiger partial charge on any atom is 0.123 e. The summed E-state index contributed by atoms with van der Waals surface area (Å²) in [5, 5.41) is 3.49. The van der Waals surface area contributed by atoms with Crippen molar-refractivity contribution >= 4 is 5.69 Å². The lowest BCUT2D eigenvalue weighted by atomic mass is 10.1. The molecule has 2 saturated carbocycles. The fourth-order valence-electron chi connectivity index (χ4n) is 3.07. The van der Waals surface area contributed by atoms with Gasteiger partial charge in [0.15, 0.2) is 0 Å². The van der Waals surface area contributed by atoms with Crippen molar-refractivity contribution in [2.24, 2.45) is 0 Å². The molecule has 3 heteroatoms. The second kappa shape index (κ2) is 5.49. The van der Waals surface area contributed by atoms with Crippen LogP contribution in [0, 0.1) is 5.82 Å². The lowest BCUT2D eigenvalue weighted by Crippen LogP contribution is -2.30. The highest BCUT2D eigenvalue weighted by molar-refractivity contribution is 5.54. The molecule has 2 aliphatic carbocycles. The molecule has 104 valence electrons. The average molecular weight is 262 g/mol. The third-order valence-electron chi connectivity index (χ3n) is 4.45. The van der Waals surface area contributed by atoms with E-state index in [4.69, 9.17) is 0 Å². The van der Waals surface area contributed by atoms with Gasteiger partial charge in [-0.15, -0.1) is 0 Å². The molecule has 2 fully saturated rings. The van der Waals surface area contributed by atoms with Gasteiger partial charge < -0.3 is 10.2 Å². The minimum absolute atomic E-state index is 0.129. The number of rotatable bonds is 5. The van der Waals surface area contributed by atoms with Crippen LogP contribution in [0.4, 0.5) is 10.1 Å². The van der Waals surface area contributed by atoms with Gasteiger partial charge in [0.2, 0.25) is 0 Å². The first-order valence-electron chi connectivity index (χ1n) is 7.48. The Kier molecular flexibility index (Phi) is 3.74. The summed E-state index contributed by atoms with van der Waals surface area (Å²) >= 11 is 0. The van der Waals surface area contributed by atoms with Crippen LogP contribution in [0.5, 0.6) is 0 Å². The first-order valence-corrected chi connectivity index (χ1v) is 7.48. The zero-order valence-corrected chi connectivity index (χ0v) is 11.7. The minimum atomic E-state index is -0.129. The van der Waals surface area contributed by atoms with Gasteiger partial charge in [0.05, 0.1) is 0 Å². The molecular weight excluding hydrogens is 239 g/mol. The molecule has 0 saturated heterocycles. The molecule has 0 unspecified atom stereocenters. The first kappa shape index (κ1) is 12.9. The van der Waals surface area contributed by atoms with Crippen molar-refractivity contribution in [1.29, 1.82) is 0 Å². The number of nitrogens with one attached hydrogen (secondary N) is 1. The summed E-state index contributed by atoms with van der Waals surface area (Å²) in [6.45, 7) is 0.787. The van der Waals surface area contributed by atoms with Gasteiger partial charge in [-0.05, 0) is 49.4 Å². The van der Waals surface area contributed by atoms with Gasteiger partial charge in [-0.1, -0.05) is 12.8 Å². The Morgan fingerprint density at radius 1 is 1.21 bits per heavy atom. The summed E-state index contributed by atoms with van der Waals surface area (Å²) in [6, 6.07) is 6.51. The molecule has 0 heterocycles. The SMILES string of the molecule is CN(c1ccc(F)cc1CNC1CC1)C1CCCC1. The van der Waals surface area contributed by atoms with Gasteiger partial charge in [-0.25, -0.2) is 4.39 Å². The Morgan fingerprint density at radius 2 is 1.95 bits per heavy atom. The van der Waals surface area contributed by atoms with E-state index >= 15 is 0 Å². The van der Waals surface area contributed by atoms with E-state index in [9.17, 15) is 4.39 Å². The number of halogens is 1. The molecule has 1 N–H and O–H groups in total. The zero-order chi connectivity index (χ0) is 13.2. The largest absolute Gasteiger partial charge is 0.371 e. The minimum Gasteiger partial charge on any atom is -0.371 e. The molecule has 2 nitrogen and oxygen atoms in total. The number of hydrogen-bond donors (Lipinski definition) is 1. The molecule has 0 aliphatic heterocycles. The lowest BCUT2D eigenvalue weighted by molar-refractivity contribution is 0.612. The van der Waals surface area contributed by atoms with Crippen LogP contribution < -0.4 is 10.2 Å². The smallest absolute Gasteiger partial charge is 0.123 e. The van der Waals surface area contributed by atoms with Gasteiger partial charge in [-0.3, -0.25) is 0 Å². The second-order valence-electron chi connectivity index (χ2n) is 5.98. The third kappa shape index (κ3) is 3.08. The van der Waals surface area contributed by atoms with Crippen molar-refractivity contribution in [3.63, 3.8) is 0 Å². The molecule has 0 amide bonds. The van der Waals surface area contributed by atoms with E-state index in [1.165, 1.54) is 44.2 Å². The first-order chi connectivity index (χ1) is 9.24. The molecule has 1 aromatic rings. The monoisotopic (exact) mass is 262 g/mol. The summed E-state index contributed by atoms with van der Waals surface area (Å²) in [7, 11) is 2.16. The summed E-state index contributed by atoms with van der Waals surface area (Å²) in [5.41, 5.74) is 2.29. The van der Waals surface area contributed by atoms with Gasteiger partial charge in [0.1, 0.15) is 5.82 Å². The average Bonchev–Trinajstić information content (AvgIpc) is 3.07. The van der Waals surface area contributed by atoms with Crippen LogP contribution in [0.25, 0.3) is 0 Å². The maximum atomic E-state index is 13.5. The summed E-state index contributed by atoms with van der Waals surface area (Å²) in [6.07, 6.45) is 7.72. The third-order valence-corrected chi connectivity index (χ3v) is 4.45. The Hall–Kier alpha value is -1.09. The highest BCUT2D eigenvalue weighted by atomic mass is 19.1. The summed E-state index contributed by atoms with van der Waals surface area (Å²) in [5.74, 6) is -0.129. The number of nitrogens with zero attached hydrogens (tertiary/aromatic N) is 1. The van der Waals surface area contributed by atoms with Gasteiger partial charge >= 0.3 is 0 Å². The summed E-state index contributed by atoms with van der Waals surface area (Å²) < 4.78 is 13.5. The molecule has 1 aromatic carbocycles. The number of benzene rings is 1. The highest BCUT2D eigenvalue weighted by Gasteiger charge is 2.23. The standard InChI is InChI=1S/C16H23FN2/c1-19(15-4-2-3-5-15)16-9-6-13(17)10-12(16)11-18-14-7-8-14/h6,9-10,14-15,18H,2-5,7-8,11H2,1H3. The fraction of sp³-hybridized carbons (Fsp3) is 0.625. The van der Waals surface area contributed by atoms with Crippen LogP contribution in [0.1, 0.15) is 44.1 Å². The number of hydrogen-bond acceptors (Lipinski definition) is 2. The molecule has 0 aromatic heterocycles. The lowest BCUT2D eigenvalue weighted by Gasteiger charge is -2.29. The van der Waals surface area contributed by atoms with Crippen molar-refractivity contribution in [2.45, 2.75) is 57.2 Å². The molecule has 0 radical (unpaired) electrons. The van der Waals surface area contributed by atoms with Crippen LogP contribution in [-0.4, -0.2) is 19.1 Å². The molecule has 0 atom stereocenters. The fourth-order valence-corrected chi connectivity index (χ4v) is 3.07. The van der Waals surface area contributed by atoms with Crippen molar-refractivity contribution < 1.29 is 4.39 Å². The molecule has 0 bridgehead atoms. The Bertz CT molecular complexity index is 436. The van der Waals surface area contributed by atoms with Crippen molar-refractivity contribution in [2.75, 3.05) is 11.9 Å². The Balaban J connectivity index is 1.76. The normalized spacial score (nSPS) is 19.9. The van der Waals surface area contributed by atoms with E-state index in [1.807, 2.05) is 6.07 Å². The quantitative estimate of drug-likeness (QED) is 0.874. The predicted molar refractivity (Wildman–Crippen MR) is 76.9 cm³/mol. The van der Waals surface area contributed by atoms with Gasteiger partial charge in [0.25, 0.3) is 0 Å². The van der Waals surface area contributed by atoms with Crippen LogP contribution in [0.15, 0.2) is 18.2 Å². The highest BCUT2D eigenvalue weighted by Crippen LogP contribution is 2.30. The van der Waals surface area contributed by atoms with Crippen LogP contribution >= 0.6 is 0 Å². The molecule has 2 aliphatic rings. The van der Waals surface area contributed by atoms with Crippen molar-refractivity contribution in [3.05, 3.63) is 29.6 Å². The van der Waals surface area contributed by atoms with E-state index < -0.39 is 0 Å². The van der Waals surface area contributed by atoms with E-state index in [1.54, 1.807) is 12.1 Å². The number of anilines is 1. The molecular formula is C16H23FN2. The maximum absolute atomic E-state index is 13.5. The Morgan fingerprint density at radius 3 is 2.63 bits per heavy atom. The topological polar surface area (TPSA) is 15.3 Å². The summed E-state index contributed by atoms with van der Waals surface area (Å²) in [4.78, 5) is 2.36. The van der Waals surface area contributed by atoms with E-state index in [0.717, 1.165) is 12.1 Å². The van der Waals surface area contributed by atoms with Crippen molar-refractivity contribution in [1.82, 2.24) is 5.32 Å². The Labute approximate surface area is 115 Å². The zero-order valence-electron chi connectivity index (χ0n) is 11.7. The van der Waals surface area contributed by atoms with E-state index in [-0.39, 0.29) is 5.82 Å². The van der Waals surface area contributed by atoms with Gasteiger partial charge in [-0.2, -0.15) is 0 Å². The molecule has 19 heavy (non-hydrogen) atoms. The van der Waals surface area contributed by atoms with Crippen LogP contribution in [-0.2, 0) is 6.54 Å². The molecule has 0 spiro atoms. The second-order valence-corrected chi connectivity index (χ2v) is 5.98. The van der Waals surface area contributed by atoms with E-state index in [0.29, 0.717) is 12.1 Å². The molecule has 3 rings (SSSR count). The van der Waals surface area contributed by atoms with Crippen LogP contribution in [0.2, 0.25) is 0 Å². The van der Waals surface area contributed by atoms with E-state index in [2.05, 4.69) is 17.3 Å². The van der Waals surface area contributed by atoms with Crippen molar-refractivity contribution in [3.8, 4) is 0 Å². The van der Waals surface area contributed by atoms with Gasteiger partial charge in [0, 0.05) is 31.4 Å². The predicted octanol–water partition coefficient (Wildman–Crippen LogP) is 3.46.